The van der Waals surface area contributed by atoms with Gasteiger partial charge in [0.05, 0.1) is 0 Å². The Kier molecular flexibility index (Phi) is 1.44. The zero-order chi connectivity index (χ0) is 5.15. The van der Waals surface area contributed by atoms with E-state index < -0.39 is 0 Å². The molecule has 0 fully saturated rings. The van der Waals surface area contributed by atoms with Crippen molar-refractivity contribution in [1.29, 1.82) is 0 Å². The molecule has 0 N–H and O–H groups in total. The molecule has 0 heteroatoms. The molecule has 0 bridgehead atoms. The summed E-state index contributed by atoms with van der Waals surface area (Å²) in [6.07, 6.45) is 0.102. The number of rotatable bonds is 1. The molecule has 0 aromatic heterocycles. The molecule has 0 rings (SSSR count). The maximum Gasteiger partial charge on any atom is 0.0266 e. The topological polar surface area (TPSA) is 0 Å². The second-order valence-corrected chi connectivity index (χ2v) is 1.58. The number of hydrogen-bond donors (Lipinski definition) is 0. The van der Waals surface area contributed by atoms with Crippen molar-refractivity contribution in [2.45, 2.75) is 27.2 Å². The highest BCUT2D eigenvalue weighted by Crippen LogP contribution is 1.93. The highest BCUT2D eigenvalue weighted by molar-refractivity contribution is 4.32. The summed E-state index contributed by atoms with van der Waals surface area (Å²) in [5.41, 5.74) is 0. The fourth-order valence-electron chi connectivity index (χ4n) is 0. The maximum absolute atomic E-state index is 7.03. The summed E-state index contributed by atoms with van der Waals surface area (Å²) in [6, 6.07) is 0. The summed E-state index contributed by atoms with van der Waals surface area (Å²) in [5, 5.41) is 0. The van der Waals surface area contributed by atoms with Crippen LogP contribution in [-0.2, 0) is 0 Å². The van der Waals surface area contributed by atoms with E-state index in [1.165, 1.54) is 0 Å². The van der Waals surface area contributed by atoms with Crippen LogP contribution in [0.5, 0.6) is 0 Å². The van der Waals surface area contributed by atoms with Gasteiger partial charge in [0.15, 0.2) is 0 Å². The molecule has 0 saturated heterocycles. The van der Waals surface area contributed by atoms with Gasteiger partial charge in [0.2, 0.25) is 0 Å². The predicted octanol–water partition coefficient (Wildman–Crippen LogP) is 2.05. The van der Waals surface area contributed by atoms with Crippen molar-refractivity contribution in [3.05, 3.63) is 0 Å². The van der Waals surface area contributed by atoms with Crippen molar-refractivity contribution in [1.82, 2.24) is 0 Å². The van der Waals surface area contributed by atoms with Crippen LogP contribution in [-0.4, -0.2) is 0 Å². The van der Waals surface area contributed by atoms with Gasteiger partial charge in [-0.15, -0.1) is 0 Å². The molecule has 0 spiro atoms. The SMILES string of the molecule is [2H][C@@H](C)C(C)C. The standard InChI is InChI=1S/C5H12/c1-4-5(2)3/h5H,4H2,1-3H3/i4D/t4-/m0/s1. The summed E-state index contributed by atoms with van der Waals surface area (Å²) < 4.78 is 7.03. The summed E-state index contributed by atoms with van der Waals surface area (Å²) in [6.45, 7) is 6.01. The van der Waals surface area contributed by atoms with E-state index in [9.17, 15) is 0 Å². The van der Waals surface area contributed by atoms with Crippen LogP contribution in [0.1, 0.15) is 28.5 Å². The van der Waals surface area contributed by atoms with Gasteiger partial charge in [-0.05, 0) is 5.92 Å². The molecule has 0 radical (unpaired) electrons. The molecule has 0 heterocycles. The van der Waals surface area contributed by atoms with E-state index in [4.69, 9.17) is 1.37 Å². The molecule has 0 aromatic rings. The van der Waals surface area contributed by atoms with Gasteiger partial charge >= 0.3 is 0 Å². The Balaban J connectivity index is 2.99. The van der Waals surface area contributed by atoms with Gasteiger partial charge in [-0.2, -0.15) is 0 Å². The monoisotopic (exact) mass is 73.1 g/mol. The second-order valence-electron chi connectivity index (χ2n) is 1.58. The third kappa shape index (κ3) is 4.00. The molecule has 0 nitrogen and oxygen atoms in total. The van der Waals surface area contributed by atoms with Crippen molar-refractivity contribution >= 4 is 0 Å². The summed E-state index contributed by atoms with van der Waals surface area (Å²) in [5.74, 6) is 0.519. The van der Waals surface area contributed by atoms with E-state index in [1.54, 1.807) is 0 Å². The molecular formula is C5H12. The molecule has 0 aliphatic carbocycles. The molecule has 0 unspecified atom stereocenters. The highest BCUT2D eigenvalue weighted by Gasteiger charge is 1.80. The molecule has 0 aliphatic heterocycles. The quantitative estimate of drug-likeness (QED) is 0.445. The highest BCUT2D eigenvalue weighted by atomic mass is 13.9. The summed E-state index contributed by atoms with van der Waals surface area (Å²) in [7, 11) is 0. The first-order valence-corrected chi connectivity index (χ1v) is 2.07. The lowest BCUT2D eigenvalue weighted by Gasteiger charge is -1.90. The van der Waals surface area contributed by atoms with Crippen LogP contribution in [0, 0.1) is 5.92 Å². The predicted molar refractivity (Wildman–Crippen MR) is 25.1 cm³/mol. The zero-order valence-electron chi connectivity index (χ0n) is 5.15. The Morgan fingerprint density at radius 2 is 2.00 bits per heavy atom. The first kappa shape index (κ1) is 3.20. The summed E-state index contributed by atoms with van der Waals surface area (Å²) >= 11 is 0. The van der Waals surface area contributed by atoms with E-state index in [2.05, 4.69) is 13.8 Å². The Morgan fingerprint density at radius 3 is 2.00 bits per heavy atom. The van der Waals surface area contributed by atoms with E-state index in [0.29, 0.717) is 5.92 Å². The summed E-state index contributed by atoms with van der Waals surface area (Å²) in [4.78, 5) is 0. The van der Waals surface area contributed by atoms with Gasteiger partial charge in [0, 0.05) is 1.37 Å². The van der Waals surface area contributed by atoms with Gasteiger partial charge < -0.3 is 0 Å². The minimum Gasteiger partial charge on any atom is -0.0651 e. The molecule has 0 aromatic carbocycles. The van der Waals surface area contributed by atoms with Gasteiger partial charge in [-0.25, -0.2) is 0 Å². The van der Waals surface area contributed by atoms with Crippen molar-refractivity contribution in [2.75, 3.05) is 0 Å². The van der Waals surface area contributed by atoms with Gasteiger partial charge in [-0.1, -0.05) is 27.2 Å². The third-order valence-corrected chi connectivity index (χ3v) is 0.667. The third-order valence-electron chi connectivity index (χ3n) is 0.667. The molecule has 32 valence electrons. The van der Waals surface area contributed by atoms with Crippen molar-refractivity contribution in [2.24, 2.45) is 5.92 Å². The average molecular weight is 73.2 g/mol. The molecule has 5 heavy (non-hydrogen) atoms. The van der Waals surface area contributed by atoms with Crippen molar-refractivity contribution in [3.63, 3.8) is 0 Å². The van der Waals surface area contributed by atoms with E-state index in [0.717, 1.165) is 0 Å². The molecular weight excluding hydrogens is 60.1 g/mol. The molecule has 1 atom stereocenters. The first-order valence-electron chi connectivity index (χ1n) is 2.64. The minimum absolute atomic E-state index is 0.102. The van der Waals surface area contributed by atoms with Crippen LogP contribution in [0.2, 0.25) is 0 Å². The van der Waals surface area contributed by atoms with Crippen LogP contribution >= 0.6 is 0 Å². The molecule has 0 amide bonds. The zero-order valence-corrected chi connectivity index (χ0v) is 4.15. The van der Waals surface area contributed by atoms with Crippen molar-refractivity contribution in [3.8, 4) is 0 Å². The first-order chi connectivity index (χ1) is 2.64. The molecule has 0 saturated carbocycles. The largest absolute Gasteiger partial charge is 0.0651 e. The van der Waals surface area contributed by atoms with E-state index in [-0.39, 0.29) is 6.40 Å². The van der Waals surface area contributed by atoms with Crippen LogP contribution in [0.3, 0.4) is 0 Å². The Hall–Kier alpha value is 0. The lowest BCUT2D eigenvalue weighted by Crippen LogP contribution is -1.77. The number of hydrogen-bond acceptors (Lipinski definition) is 0. The van der Waals surface area contributed by atoms with Gasteiger partial charge in [-0.3, -0.25) is 0 Å². The molecule has 0 aliphatic rings. The Bertz CT molecular complexity index is 24.9. The maximum atomic E-state index is 7.03. The van der Waals surface area contributed by atoms with Gasteiger partial charge in [0.1, 0.15) is 0 Å². The van der Waals surface area contributed by atoms with Crippen LogP contribution in [0.25, 0.3) is 0 Å². The van der Waals surface area contributed by atoms with Crippen LogP contribution in [0.4, 0.5) is 0 Å². The lowest BCUT2D eigenvalue weighted by molar-refractivity contribution is 0.626. The van der Waals surface area contributed by atoms with Crippen molar-refractivity contribution < 1.29 is 1.37 Å². The Morgan fingerprint density at radius 1 is 1.80 bits per heavy atom. The second kappa shape index (κ2) is 2.25. The van der Waals surface area contributed by atoms with E-state index in [1.807, 2.05) is 6.92 Å². The average Bonchev–Trinajstić information content (AvgIpc) is 1.36. The fourth-order valence-corrected chi connectivity index (χ4v) is 0. The fraction of sp³-hybridized carbons (Fsp3) is 1.00. The van der Waals surface area contributed by atoms with Gasteiger partial charge in [0.25, 0.3) is 0 Å². The van der Waals surface area contributed by atoms with Crippen LogP contribution in [0.15, 0.2) is 0 Å². The smallest absolute Gasteiger partial charge is 0.0266 e. The van der Waals surface area contributed by atoms with Crippen LogP contribution < -0.4 is 0 Å². The Labute approximate surface area is 35.6 Å². The minimum atomic E-state index is 0.102. The normalized spacial score (nSPS) is 18.8. The van der Waals surface area contributed by atoms with E-state index >= 15 is 0 Å². The lowest BCUT2D eigenvalue weighted by atomic mass is 10.2.